The number of carbonyl (C=O) groups is 3. The molecule has 34 heavy (non-hydrogen) atoms. The molecule has 1 aliphatic rings. The third kappa shape index (κ3) is 6.20. The Labute approximate surface area is 201 Å². The third-order valence-electron chi connectivity index (χ3n) is 6.16. The first-order chi connectivity index (χ1) is 16.2. The van der Waals surface area contributed by atoms with Crippen LogP contribution in [-0.4, -0.2) is 51.9 Å². The van der Waals surface area contributed by atoms with Crippen LogP contribution in [-0.2, 0) is 19.1 Å². The summed E-state index contributed by atoms with van der Waals surface area (Å²) in [5.74, 6) is -0.985. The first-order valence-corrected chi connectivity index (χ1v) is 11.7. The number of benzene rings is 1. The Balaban J connectivity index is 1.89. The van der Waals surface area contributed by atoms with Crippen LogP contribution in [0, 0.1) is 0 Å². The Kier molecular flexibility index (Phi) is 8.39. The van der Waals surface area contributed by atoms with Gasteiger partial charge in [0.05, 0.1) is 24.2 Å². The summed E-state index contributed by atoms with van der Waals surface area (Å²) < 4.78 is 7.45. The van der Waals surface area contributed by atoms with Crippen LogP contribution < -0.4 is 5.32 Å². The van der Waals surface area contributed by atoms with Gasteiger partial charge in [0.1, 0.15) is 12.2 Å². The maximum absolute atomic E-state index is 12.6. The average Bonchev–Trinajstić information content (AvgIpc) is 3.26. The van der Waals surface area contributed by atoms with Gasteiger partial charge in [0.2, 0.25) is 11.8 Å². The number of nitrogens with one attached hydrogen (secondary N) is 1. The zero-order valence-electron chi connectivity index (χ0n) is 20.6. The van der Waals surface area contributed by atoms with Gasteiger partial charge in [-0.3, -0.25) is 19.3 Å². The minimum Gasteiger partial charge on any atom is -0.382 e. The maximum Gasteiger partial charge on any atom is 0.277 e. The van der Waals surface area contributed by atoms with Gasteiger partial charge in [-0.2, -0.15) is 0 Å². The molecule has 2 aromatic rings. The van der Waals surface area contributed by atoms with Crippen molar-refractivity contribution in [3.8, 4) is 0 Å². The summed E-state index contributed by atoms with van der Waals surface area (Å²) >= 11 is 0. The molecule has 2 unspecified atom stereocenters. The number of amides is 3. The van der Waals surface area contributed by atoms with Crippen LogP contribution in [0.2, 0.25) is 0 Å². The van der Waals surface area contributed by atoms with Gasteiger partial charge in [0.15, 0.2) is 0 Å². The van der Waals surface area contributed by atoms with E-state index < -0.39 is 17.7 Å². The van der Waals surface area contributed by atoms with Gasteiger partial charge < -0.3 is 14.6 Å². The number of carbonyl (C=O) groups excluding carboxylic acids is 3. The molecule has 182 valence electrons. The minimum absolute atomic E-state index is 0.0453. The molecule has 0 spiro atoms. The molecule has 1 aromatic heterocycles. The molecule has 1 saturated heterocycles. The van der Waals surface area contributed by atoms with E-state index in [1.165, 1.54) is 24.1 Å². The van der Waals surface area contributed by atoms with Crippen LogP contribution in [0.5, 0.6) is 0 Å². The molecule has 3 amide bonds. The third-order valence-corrected chi connectivity index (χ3v) is 6.16. The normalized spacial score (nSPS) is 17.2. The highest BCUT2D eigenvalue weighted by Crippen LogP contribution is 2.28. The summed E-state index contributed by atoms with van der Waals surface area (Å²) in [6, 6.07) is 8.65. The molecule has 8 heteroatoms. The monoisotopic (exact) mass is 466 g/mol. The summed E-state index contributed by atoms with van der Waals surface area (Å²) in [6.45, 7) is 7.42. The Hall–Kier alpha value is -3.26. The molecule has 3 rings (SSSR count). The maximum atomic E-state index is 12.6. The lowest BCUT2D eigenvalue weighted by Crippen LogP contribution is -2.51. The molecule has 1 aliphatic heterocycles. The Morgan fingerprint density at radius 3 is 2.62 bits per heavy atom. The largest absolute Gasteiger partial charge is 0.382 e. The summed E-state index contributed by atoms with van der Waals surface area (Å²) in [7, 11) is 1.72. The number of hydrogen-bond donors (Lipinski definition) is 1. The van der Waals surface area contributed by atoms with Crippen molar-refractivity contribution in [2.75, 3.05) is 13.7 Å². The predicted molar refractivity (Wildman–Crippen MR) is 130 cm³/mol. The van der Waals surface area contributed by atoms with Crippen molar-refractivity contribution in [3.63, 3.8) is 0 Å². The number of aromatic nitrogens is 2. The first-order valence-electron chi connectivity index (χ1n) is 11.7. The molecular weight excluding hydrogens is 432 g/mol. The van der Waals surface area contributed by atoms with Crippen LogP contribution in [0.4, 0.5) is 0 Å². The van der Waals surface area contributed by atoms with Gasteiger partial charge in [-0.15, -0.1) is 0 Å². The highest BCUT2D eigenvalue weighted by Gasteiger charge is 2.30. The van der Waals surface area contributed by atoms with E-state index in [1.807, 2.05) is 10.8 Å². The number of rotatable bonds is 9. The second-order valence-electron chi connectivity index (χ2n) is 9.08. The fourth-order valence-electron chi connectivity index (χ4n) is 4.03. The second-order valence-corrected chi connectivity index (χ2v) is 9.08. The van der Waals surface area contributed by atoms with E-state index in [2.05, 4.69) is 55.3 Å². The Morgan fingerprint density at radius 1 is 1.21 bits per heavy atom. The first kappa shape index (κ1) is 25.4. The number of methoxy groups -OCH3 is 1. The van der Waals surface area contributed by atoms with Crippen molar-refractivity contribution in [1.29, 1.82) is 0 Å². The molecule has 0 radical (unpaired) electrons. The molecule has 0 saturated carbocycles. The molecule has 2 heterocycles. The lowest BCUT2D eigenvalue weighted by atomic mass is 9.94. The highest BCUT2D eigenvalue weighted by atomic mass is 16.5. The summed E-state index contributed by atoms with van der Waals surface area (Å²) in [5, 5.41) is 2.56. The standard InChI is InChI=1S/C26H34N4O4/c1-17(2)20-9-7-10-21(12-20)24(11-6-8-18(3)34-5)29-14-22(27-16-29)13-23-26(33)30(19(4)31)15-25(32)28-23/h7,9-10,12-14,16-18,24H,6,8,11,15H2,1-5H3,(H,28,32)/b23-13-. The van der Waals surface area contributed by atoms with E-state index in [0.29, 0.717) is 11.6 Å². The van der Waals surface area contributed by atoms with Gasteiger partial charge in [-0.05, 0) is 49.3 Å². The van der Waals surface area contributed by atoms with Gasteiger partial charge in [-0.1, -0.05) is 38.1 Å². The van der Waals surface area contributed by atoms with E-state index in [0.717, 1.165) is 24.2 Å². The van der Waals surface area contributed by atoms with E-state index in [4.69, 9.17) is 4.74 Å². The minimum atomic E-state index is -0.531. The molecule has 8 nitrogen and oxygen atoms in total. The van der Waals surface area contributed by atoms with E-state index in [9.17, 15) is 14.4 Å². The predicted octanol–water partition coefficient (Wildman–Crippen LogP) is 3.65. The van der Waals surface area contributed by atoms with Gasteiger partial charge in [0.25, 0.3) is 5.91 Å². The Bertz CT molecular complexity index is 1070. The van der Waals surface area contributed by atoms with Gasteiger partial charge in [0, 0.05) is 20.2 Å². The number of imide groups is 1. The average molecular weight is 467 g/mol. The van der Waals surface area contributed by atoms with E-state index in [-0.39, 0.29) is 24.4 Å². The lowest BCUT2D eigenvalue weighted by Gasteiger charge is -2.25. The molecule has 1 aromatic carbocycles. The summed E-state index contributed by atoms with van der Waals surface area (Å²) in [6.07, 6.45) is 8.14. The number of hydrogen-bond acceptors (Lipinski definition) is 5. The molecule has 1 N–H and O–H groups in total. The van der Waals surface area contributed by atoms with Crippen LogP contribution in [0.1, 0.15) is 75.7 Å². The molecule has 1 fully saturated rings. The van der Waals surface area contributed by atoms with Gasteiger partial charge >= 0.3 is 0 Å². The van der Waals surface area contributed by atoms with Crippen LogP contribution in [0.3, 0.4) is 0 Å². The zero-order chi connectivity index (χ0) is 24.8. The van der Waals surface area contributed by atoms with Crippen LogP contribution in [0.15, 0.2) is 42.5 Å². The summed E-state index contributed by atoms with van der Waals surface area (Å²) in [5.41, 5.74) is 3.04. The van der Waals surface area contributed by atoms with Crippen LogP contribution >= 0.6 is 0 Å². The fraction of sp³-hybridized carbons (Fsp3) is 0.462. The topological polar surface area (TPSA) is 93.5 Å². The second kappa shape index (κ2) is 11.2. The van der Waals surface area contributed by atoms with Crippen molar-refractivity contribution >= 4 is 23.8 Å². The van der Waals surface area contributed by atoms with E-state index >= 15 is 0 Å². The zero-order valence-corrected chi connectivity index (χ0v) is 20.6. The summed E-state index contributed by atoms with van der Waals surface area (Å²) in [4.78, 5) is 41.7. The van der Waals surface area contributed by atoms with Gasteiger partial charge in [-0.25, -0.2) is 4.98 Å². The van der Waals surface area contributed by atoms with E-state index in [1.54, 1.807) is 13.4 Å². The Morgan fingerprint density at radius 2 is 1.94 bits per heavy atom. The number of imidazole rings is 1. The molecule has 2 atom stereocenters. The van der Waals surface area contributed by atoms with Crippen molar-refractivity contribution in [1.82, 2.24) is 19.8 Å². The smallest absolute Gasteiger partial charge is 0.277 e. The fourth-order valence-corrected chi connectivity index (χ4v) is 4.03. The SMILES string of the molecule is COC(C)CCCC(c1cccc(C(C)C)c1)n1cnc(/C=C2\NC(=O)CN(C(C)=O)C2=O)c1. The number of piperazine rings is 1. The molecule has 0 bridgehead atoms. The van der Waals surface area contributed by atoms with Crippen molar-refractivity contribution in [2.45, 2.75) is 65.0 Å². The number of nitrogens with zero attached hydrogens (tertiary/aromatic N) is 3. The van der Waals surface area contributed by atoms with Crippen molar-refractivity contribution < 1.29 is 19.1 Å². The molecule has 0 aliphatic carbocycles. The van der Waals surface area contributed by atoms with Crippen LogP contribution in [0.25, 0.3) is 6.08 Å². The number of ether oxygens (including phenoxy) is 1. The quantitative estimate of drug-likeness (QED) is 0.570. The van der Waals surface area contributed by atoms with Crippen molar-refractivity contribution in [2.24, 2.45) is 0 Å². The molecular formula is C26H34N4O4. The highest BCUT2D eigenvalue weighted by molar-refractivity contribution is 6.12. The lowest BCUT2D eigenvalue weighted by molar-refractivity contribution is -0.147. The van der Waals surface area contributed by atoms with Crippen molar-refractivity contribution in [3.05, 3.63) is 59.3 Å².